The van der Waals surface area contributed by atoms with Crippen LogP contribution in [0.15, 0.2) is 24.3 Å². The maximum atomic E-state index is 10.6. The molecule has 1 heteroatoms. The van der Waals surface area contributed by atoms with E-state index in [1.54, 1.807) is 0 Å². The van der Waals surface area contributed by atoms with E-state index >= 15 is 0 Å². The number of hydrogen-bond acceptors (Lipinski definition) is 1. The number of hydrogen-bond donors (Lipinski definition) is 1. The van der Waals surface area contributed by atoms with Gasteiger partial charge in [0.15, 0.2) is 0 Å². The second-order valence-electron chi connectivity index (χ2n) is 5.74. The van der Waals surface area contributed by atoms with Gasteiger partial charge in [-0.1, -0.05) is 56.4 Å². The van der Waals surface area contributed by atoms with E-state index in [1.165, 1.54) is 49.7 Å². The van der Waals surface area contributed by atoms with Crippen molar-refractivity contribution in [3.05, 3.63) is 35.4 Å². The molecule has 0 spiro atoms. The van der Waals surface area contributed by atoms with Gasteiger partial charge in [0, 0.05) is 0 Å². The first kappa shape index (κ1) is 11.3. The van der Waals surface area contributed by atoms with E-state index in [4.69, 9.17) is 0 Å². The van der Waals surface area contributed by atoms with Gasteiger partial charge in [0.2, 0.25) is 0 Å². The second kappa shape index (κ2) is 4.81. The molecular formula is C16H22O. The van der Waals surface area contributed by atoms with Crippen molar-refractivity contribution < 1.29 is 5.11 Å². The van der Waals surface area contributed by atoms with Crippen LogP contribution in [0.25, 0.3) is 0 Å². The van der Waals surface area contributed by atoms with Crippen molar-refractivity contribution in [2.75, 3.05) is 0 Å². The highest BCUT2D eigenvalue weighted by molar-refractivity contribution is 5.32. The minimum Gasteiger partial charge on any atom is -0.388 e. The summed E-state index contributed by atoms with van der Waals surface area (Å²) in [6, 6.07) is 8.45. The SMILES string of the molecule is O[C@H]1c2ccccc2CC[C@@H]1C1CCCCC1. The van der Waals surface area contributed by atoms with Crippen molar-refractivity contribution in [3.8, 4) is 0 Å². The fraction of sp³-hybridized carbons (Fsp3) is 0.625. The molecule has 0 heterocycles. The van der Waals surface area contributed by atoms with Crippen LogP contribution in [-0.4, -0.2) is 5.11 Å². The molecule has 0 radical (unpaired) electrons. The van der Waals surface area contributed by atoms with Gasteiger partial charge in [0.05, 0.1) is 6.10 Å². The Balaban J connectivity index is 1.81. The maximum absolute atomic E-state index is 10.6. The molecule has 0 bridgehead atoms. The van der Waals surface area contributed by atoms with Crippen molar-refractivity contribution in [2.45, 2.75) is 51.0 Å². The van der Waals surface area contributed by atoms with E-state index in [0.29, 0.717) is 5.92 Å². The molecule has 3 rings (SSSR count). The predicted octanol–water partition coefficient (Wildman–Crippen LogP) is 3.86. The second-order valence-corrected chi connectivity index (χ2v) is 5.74. The average Bonchev–Trinajstić information content (AvgIpc) is 2.40. The van der Waals surface area contributed by atoms with Crippen LogP contribution in [0.1, 0.15) is 55.8 Å². The molecule has 2 aliphatic carbocycles. The Hall–Kier alpha value is -0.820. The summed E-state index contributed by atoms with van der Waals surface area (Å²) in [6.07, 6.45) is 8.95. The first-order valence-corrected chi connectivity index (χ1v) is 7.12. The third kappa shape index (κ3) is 2.13. The normalized spacial score (nSPS) is 29.9. The van der Waals surface area contributed by atoms with Gasteiger partial charge in [-0.3, -0.25) is 0 Å². The van der Waals surface area contributed by atoms with Crippen LogP contribution in [0.5, 0.6) is 0 Å². The highest BCUT2D eigenvalue weighted by atomic mass is 16.3. The summed E-state index contributed by atoms with van der Waals surface area (Å²) < 4.78 is 0. The highest BCUT2D eigenvalue weighted by Crippen LogP contribution is 2.43. The fourth-order valence-electron chi connectivity index (χ4n) is 3.82. The van der Waals surface area contributed by atoms with Gasteiger partial charge in [0.1, 0.15) is 0 Å². The predicted molar refractivity (Wildman–Crippen MR) is 69.8 cm³/mol. The highest BCUT2D eigenvalue weighted by Gasteiger charge is 2.33. The molecule has 1 aromatic rings. The standard InChI is InChI=1S/C16H22O/c17-16-14-9-5-4-8-13(14)10-11-15(16)12-6-2-1-3-7-12/h4-5,8-9,12,15-17H,1-3,6-7,10-11H2/t15-,16+/m1/s1. The fourth-order valence-corrected chi connectivity index (χ4v) is 3.82. The van der Waals surface area contributed by atoms with Gasteiger partial charge < -0.3 is 5.11 Å². The average molecular weight is 230 g/mol. The van der Waals surface area contributed by atoms with Crippen molar-refractivity contribution in [3.63, 3.8) is 0 Å². The Labute approximate surface area is 104 Å². The van der Waals surface area contributed by atoms with Crippen molar-refractivity contribution in [2.24, 2.45) is 11.8 Å². The summed E-state index contributed by atoms with van der Waals surface area (Å²) in [5.74, 6) is 1.29. The van der Waals surface area contributed by atoms with E-state index in [2.05, 4.69) is 24.3 Å². The van der Waals surface area contributed by atoms with E-state index in [1.807, 2.05) is 0 Å². The molecule has 17 heavy (non-hydrogen) atoms. The summed E-state index contributed by atoms with van der Waals surface area (Å²) >= 11 is 0. The molecule has 1 N–H and O–H groups in total. The smallest absolute Gasteiger partial charge is 0.0823 e. The largest absolute Gasteiger partial charge is 0.388 e. The lowest BCUT2D eigenvalue weighted by atomic mass is 9.70. The van der Waals surface area contributed by atoms with E-state index in [0.717, 1.165) is 12.3 Å². The van der Waals surface area contributed by atoms with Gasteiger partial charge >= 0.3 is 0 Å². The molecule has 1 saturated carbocycles. The minimum absolute atomic E-state index is 0.206. The number of benzene rings is 1. The third-order valence-electron chi connectivity index (χ3n) is 4.78. The van der Waals surface area contributed by atoms with Crippen LogP contribution < -0.4 is 0 Å². The Morgan fingerprint density at radius 2 is 1.71 bits per heavy atom. The van der Waals surface area contributed by atoms with E-state index < -0.39 is 0 Å². The Morgan fingerprint density at radius 3 is 2.53 bits per heavy atom. The molecule has 1 nitrogen and oxygen atoms in total. The summed E-state index contributed by atoms with van der Waals surface area (Å²) in [5.41, 5.74) is 2.57. The molecule has 0 unspecified atom stereocenters. The molecule has 2 aliphatic rings. The zero-order chi connectivity index (χ0) is 11.7. The summed E-state index contributed by atoms with van der Waals surface area (Å²) in [7, 11) is 0. The van der Waals surface area contributed by atoms with Gasteiger partial charge in [-0.2, -0.15) is 0 Å². The molecule has 1 fully saturated rings. The molecule has 0 aliphatic heterocycles. The van der Waals surface area contributed by atoms with Crippen LogP contribution in [0, 0.1) is 11.8 Å². The molecule has 0 aromatic heterocycles. The molecule has 1 aromatic carbocycles. The lowest BCUT2D eigenvalue weighted by Gasteiger charge is -2.37. The zero-order valence-electron chi connectivity index (χ0n) is 10.4. The first-order valence-electron chi connectivity index (χ1n) is 7.12. The monoisotopic (exact) mass is 230 g/mol. The zero-order valence-corrected chi connectivity index (χ0v) is 10.4. The van der Waals surface area contributed by atoms with Gasteiger partial charge in [-0.05, 0) is 35.8 Å². The topological polar surface area (TPSA) is 20.2 Å². The maximum Gasteiger partial charge on any atom is 0.0823 e. The van der Waals surface area contributed by atoms with Crippen molar-refractivity contribution >= 4 is 0 Å². The van der Waals surface area contributed by atoms with Crippen LogP contribution in [0.2, 0.25) is 0 Å². The lowest BCUT2D eigenvalue weighted by Crippen LogP contribution is -2.28. The van der Waals surface area contributed by atoms with Crippen LogP contribution in [0.3, 0.4) is 0 Å². The summed E-state index contributed by atoms with van der Waals surface area (Å²) in [6.45, 7) is 0. The van der Waals surface area contributed by atoms with Crippen LogP contribution in [0.4, 0.5) is 0 Å². The van der Waals surface area contributed by atoms with Gasteiger partial charge in [-0.15, -0.1) is 0 Å². The number of rotatable bonds is 1. The molecule has 2 atom stereocenters. The summed E-state index contributed by atoms with van der Waals surface area (Å²) in [5, 5.41) is 10.6. The van der Waals surface area contributed by atoms with E-state index in [9.17, 15) is 5.11 Å². The van der Waals surface area contributed by atoms with Gasteiger partial charge in [0.25, 0.3) is 0 Å². The minimum atomic E-state index is -0.206. The summed E-state index contributed by atoms with van der Waals surface area (Å²) in [4.78, 5) is 0. The molecule has 0 saturated heterocycles. The van der Waals surface area contributed by atoms with Crippen molar-refractivity contribution in [1.29, 1.82) is 0 Å². The molecule has 0 amide bonds. The number of aliphatic hydroxyl groups excluding tert-OH is 1. The van der Waals surface area contributed by atoms with Gasteiger partial charge in [-0.25, -0.2) is 0 Å². The molecule has 92 valence electrons. The Bertz CT molecular complexity index is 379. The Kier molecular flexibility index (Phi) is 3.19. The number of fused-ring (bicyclic) bond motifs is 1. The van der Waals surface area contributed by atoms with E-state index in [-0.39, 0.29) is 6.10 Å². The first-order chi connectivity index (χ1) is 8.36. The third-order valence-corrected chi connectivity index (χ3v) is 4.78. The molecular weight excluding hydrogens is 208 g/mol. The Morgan fingerprint density at radius 1 is 0.941 bits per heavy atom. The van der Waals surface area contributed by atoms with Crippen LogP contribution in [-0.2, 0) is 6.42 Å². The number of aliphatic hydroxyl groups is 1. The van der Waals surface area contributed by atoms with Crippen LogP contribution >= 0.6 is 0 Å². The quantitative estimate of drug-likeness (QED) is 0.776. The van der Waals surface area contributed by atoms with Crippen molar-refractivity contribution in [1.82, 2.24) is 0 Å². The number of aryl methyl sites for hydroxylation is 1. The lowest BCUT2D eigenvalue weighted by molar-refractivity contribution is 0.0442.